The van der Waals surface area contributed by atoms with E-state index in [-0.39, 0.29) is 11.7 Å². The number of hydrogen-bond acceptors (Lipinski definition) is 3. The maximum absolute atomic E-state index is 12.4. The zero-order chi connectivity index (χ0) is 12.5. The van der Waals surface area contributed by atoms with Gasteiger partial charge in [0.05, 0.1) is 10.6 Å². The van der Waals surface area contributed by atoms with Crippen molar-refractivity contribution in [3.05, 3.63) is 46.2 Å². The topological polar surface area (TPSA) is 40.5 Å². The molecule has 3 nitrogen and oxygen atoms in total. The highest BCUT2D eigenvalue weighted by atomic mass is 32.1. The van der Waals surface area contributed by atoms with Crippen LogP contribution in [0.2, 0.25) is 0 Å². The van der Waals surface area contributed by atoms with Crippen LogP contribution in [0.3, 0.4) is 0 Å². The summed E-state index contributed by atoms with van der Waals surface area (Å²) >= 11 is 1.43. The van der Waals surface area contributed by atoms with Crippen LogP contribution in [-0.4, -0.2) is 17.6 Å². The molecule has 18 heavy (non-hydrogen) atoms. The number of anilines is 1. The molecule has 3 rings (SSSR count). The zero-order valence-corrected chi connectivity index (χ0v) is 10.6. The van der Waals surface area contributed by atoms with E-state index in [1.54, 1.807) is 11.0 Å². The van der Waals surface area contributed by atoms with Crippen LogP contribution >= 0.6 is 11.3 Å². The Morgan fingerprint density at radius 1 is 1.28 bits per heavy atom. The molecule has 1 aromatic heterocycles. The molecule has 4 heteroatoms. The molecule has 92 valence electrons. The van der Waals surface area contributed by atoms with Crippen LogP contribution in [0.15, 0.2) is 35.7 Å². The first-order chi connectivity index (χ1) is 8.77. The normalized spacial score (nSPS) is 14.3. The second-order valence-electron chi connectivity index (χ2n) is 4.32. The SMILES string of the molecule is O=C(c1cccs1)N1CCCc2cccc(O)c21. The molecule has 0 atom stereocenters. The standard InChI is InChI=1S/C14H13NO2S/c16-11-6-1-4-10-5-2-8-15(13(10)11)14(17)12-7-3-9-18-12/h1,3-4,6-7,9,16H,2,5,8H2. The summed E-state index contributed by atoms with van der Waals surface area (Å²) in [5.41, 5.74) is 1.73. The first-order valence-corrected chi connectivity index (χ1v) is 6.81. The van der Waals surface area contributed by atoms with E-state index in [0.29, 0.717) is 17.1 Å². The molecule has 0 spiro atoms. The van der Waals surface area contributed by atoms with Crippen LogP contribution in [0.25, 0.3) is 0 Å². The highest BCUT2D eigenvalue weighted by Crippen LogP contribution is 2.36. The fourth-order valence-electron chi connectivity index (χ4n) is 2.37. The lowest BCUT2D eigenvalue weighted by Crippen LogP contribution is -2.35. The summed E-state index contributed by atoms with van der Waals surface area (Å²) in [7, 11) is 0. The van der Waals surface area contributed by atoms with Gasteiger partial charge in [-0.25, -0.2) is 0 Å². The number of nitrogens with zero attached hydrogens (tertiary/aromatic N) is 1. The third kappa shape index (κ3) is 1.78. The van der Waals surface area contributed by atoms with Crippen LogP contribution in [0.4, 0.5) is 5.69 Å². The predicted molar refractivity (Wildman–Crippen MR) is 72.4 cm³/mol. The number of phenols is 1. The van der Waals surface area contributed by atoms with Gasteiger partial charge in [0.1, 0.15) is 5.75 Å². The molecule has 0 fully saturated rings. The maximum Gasteiger partial charge on any atom is 0.268 e. The smallest absolute Gasteiger partial charge is 0.268 e. The van der Waals surface area contributed by atoms with Gasteiger partial charge in [0.2, 0.25) is 0 Å². The van der Waals surface area contributed by atoms with Gasteiger partial charge in [0.25, 0.3) is 5.91 Å². The number of aromatic hydroxyl groups is 1. The zero-order valence-electron chi connectivity index (χ0n) is 9.80. The second-order valence-corrected chi connectivity index (χ2v) is 5.27. The van der Waals surface area contributed by atoms with E-state index in [0.717, 1.165) is 18.4 Å². The van der Waals surface area contributed by atoms with Crippen molar-refractivity contribution in [2.24, 2.45) is 0 Å². The molecule has 1 amide bonds. The summed E-state index contributed by atoms with van der Waals surface area (Å²) in [6.45, 7) is 0.668. The summed E-state index contributed by atoms with van der Waals surface area (Å²) in [6, 6.07) is 9.13. The lowest BCUT2D eigenvalue weighted by atomic mass is 10.0. The number of phenolic OH excluding ortho intramolecular Hbond substituents is 1. The van der Waals surface area contributed by atoms with Gasteiger partial charge >= 0.3 is 0 Å². The van der Waals surface area contributed by atoms with E-state index in [9.17, 15) is 9.90 Å². The van der Waals surface area contributed by atoms with Crippen LogP contribution in [0.5, 0.6) is 5.75 Å². The minimum atomic E-state index is -0.0209. The third-order valence-electron chi connectivity index (χ3n) is 3.17. The number of benzene rings is 1. The fraction of sp³-hybridized carbons (Fsp3) is 0.214. The Kier molecular flexibility index (Phi) is 2.80. The lowest BCUT2D eigenvalue weighted by molar-refractivity contribution is 0.0988. The van der Waals surface area contributed by atoms with Gasteiger partial charge < -0.3 is 10.0 Å². The molecule has 1 aliphatic rings. The van der Waals surface area contributed by atoms with Gasteiger partial charge in [-0.1, -0.05) is 18.2 Å². The molecule has 1 N–H and O–H groups in total. The van der Waals surface area contributed by atoms with Crippen molar-refractivity contribution in [2.45, 2.75) is 12.8 Å². The average Bonchev–Trinajstić information content (AvgIpc) is 2.91. The molecule has 1 aromatic carbocycles. The monoisotopic (exact) mass is 259 g/mol. The van der Waals surface area contributed by atoms with Gasteiger partial charge in [0, 0.05) is 6.54 Å². The molecule has 1 aliphatic heterocycles. The van der Waals surface area contributed by atoms with Crippen LogP contribution in [-0.2, 0) is 6.42 Å². The summed E-state index contributed by atoms with van der Waals surface area (Å²) in [5, 5.41) is 11.9. The van der Waals surface area contributed by atoms with Gasteiger partial charge in [-0.05, 0) is 35.9 Å². The average molecular weight is 259 g/mol. The van der Waals surface area contributed by atoms with Crippen molar-refractivity contribution in [1.82, 2.24) is 0 Å². The summed E-state index contributed by atoms with van der Waals surface area (Å²) in [5.74, 6) is 0.171. The Balaban J connectivity index is 2.04. The Hall–Kier alpha value is -1.81. The molecular formula is C14H13NO2S. The highest BCUT2D eigenvalue weighted by molar-refractivity contribution is 7.12. The Morgan fingerprint density at radius 3 is 2.94 bits per heavy atom. The highest BCUT2D eigenvalue weighted by Gasteiger charge is 2.26. The molecule has 0 bridgehead atoms. The molecule has 2 heterocycles. The first kappa shape index (κ1) is 11.3. The fourth-order valence-corrected chi connectivity index (χ4v) is 3.04. The molecule has 2 aromatic rings. The van der Waals surface area contributed by atoms with Gasteiger partial charge in [-0.2, -0.15) is 0 Å². The van der Waals surface area contributed by atoms with Crippen molar-refractivity contribution in [2.75, 3.05) is 11.4 Å². The number of amides is 1. The minimum absolute atomic E-state index is 0.0209. The number of aryl methyl sites for hydroxylation is 1. The number of fused-ring (bicyclic) bond motifs is 1. The van der Waals surface area contributed by atoms with Gasteiger partial charge in [-0.15, -0.1) is 11.3 Å². The van der Waals surface area contributed by atoms with E-state index < -0.39 is 0 Å². The largest absolute Gasteiger partial charge is 0.506 e. The molecule has 0 saturated heterocycles. The number of rotatable bonds is 1. The lowest BCUT2D eigenvalue weighted by Gasteiger charge is -2.29. The van der Waals surface area contributed by atoms with Crippen molar-refractivity contribution < 1.29 is 9.90 Å². The molecular weight excluding hydrogens is 246 g/mol. The van der Waals surface area contributed by atoms with E-state index in [1.807, 2.05) is 29.6 Å². The van der Waals surface area contributed by atoms with Gasteiger partial charge in [0.15, 0.2) is 0 Å². The van der Waals surface area contributed by atoms with Crippen molar-refractivity contribution in [1.29, 1.82) is 0 Å². The van der Waals surface area contributed by atoms with E-state index in [1.165, 1.54) is 11.3 Å². The van der Waals surface area contributed by atoms with E-state index in [2.05, 4.69) is 0 Å². The van der Waals surface area contributed by atoms with Crippen LogP contribution < -0.4 is 4.90 Å². The Morgan fingerprint density at radius 2 is 2.17 bits per heavy atom. The summed E-state index contributed by atoms with van der Waals surface area (Å²) in [6.07, 6.45) is 1.85. The molecule has 0 radical (unpaired) electrons. The van der Waals surface area contributed by atoms with Crippen molar-refractivity contribution in [3.8, 4) is 5.75 Å². The summed E-state index contributed by atoms with van der Waals surface area (Å²) in [4.78, 5) is 14.8. The van der Waals surface area contributed by atoms with Crippen molar-refractivity contribution in [3.63, 3.8) is 0 Å². The van der Waals surface area contributed by atoms with E-state index >= 15 is 0 Å². The quantitative estimate of drug-likeness (QED) is 0.855. The molecule has 0 saturated carbocycles. The van der Waals surface area contributed by atoms with E-state index in [4.69, 9.17) is 0 Å². The van der Waals surface area contributed by atoms with Gasteiger partial charge in [-0.3, -0.25) is 4.79 Å². The third-order valence-corrected chi connectivity index (χ3v) is 4.03. The number of carbonyl (C=O) groups is 1. The number of para-hydroxylation sites is 1. The summed E-state index contributed by atoms with van der Waals surface area (Å²) < 4.78 is 0. The molecule has 0 unspecified atom stereocenters. The number of hydrogen-bond donors (Lipinski definition) is 1. The maximum atomic E-state index is 12.4. The molecule has 0 aliphatic carbocycles. The predicted octanol–water partition coefficient (Wildman–Crippen LogP) is 3.05. The van der Waals surface area contributed by atoms with Crippen molar-refractivity contribution >= 4 is 22.9 Å². The Bertz CT molecular complexity index is 577. The second kappa shape index (κ2) is 4.46. The minimum Gasteiger partial charge on any atom is -0.506 e. The van der Waals surface area contributed by atoms with Crippen LogP contribution in [0.1, 0.15) is 21.7 Å². The first-order valence-electron chi connectivity index (χ1n) is 5.93. The van der Waals surface area contributed by atoms with Crippen LogP contribution in [0, 0.1) is 0 Å². The number of thiophene rings is 1. The Labute approximate surface area is 109 Å². The number of carbonyl (C=O) groups excluding carboxylic acids is 1.